The fourth-order valence-electron chi connectivity index (χ4n) is 2.88. The smallest absolute Gasteiger partial charge is 0.359 e. The molecule has 0 bridgehead atoms. The molecule has 0 saturated heterocycles. The van der Waals surface area contributed by atoms with Crippen LogP contribution in [0, 0.1) is 0 Å². The first-order valence-electron chi connectivity index (χ1n) is 8.47. The first kappa shape index (κ1) is 18.4. The number of benzene rings is 2. The van der Waals surface area contributed by atoms with Crippen molar-refractivity contribution in [3.63, 3.8) is 0 Å². The van der Waals surface area contributed by atoms with Crippen LogP contribution in [0.25, 0.3) is 10.8 Å². The third-order valence-corrected chi connectivity index (χ3v) is 4.20. The van der Waals surface area contributed by atoms with E-state index in [-0.39, 0.29) is 17.9 Å². The molecule has 27 heavy (non-hydrogen) atoms. The maximum absolute atomic E-state index is 12.7. The fourth-order valence-corrected chi connectivity index (χ4v) is 2.88. The number of fused-ring (bicyclic) bond motifs is 1. The Morgan fingerprint density at radius 2 is 1.78 bits per heavy atom. The second-order valence-electron chi connectivity index (χ2n) is 5.74. The van der Waals surface area contributed by atoms with Crippen LogP contribution in [-0.2, 0) is 17.9 Å². The van der Waals surface area contributed by atoms with E-state index >= 15 is 0 Å². The second kappa shape index (κ2) is 7.90. The molecule has 3 aromatic rings. The van der Waals surface area contributed by atoms with Crippen molar-refractivity contribution in [1.82, 2.24) is 9.78 Å². The molecule has 0 N–H and O–H groups in total. The van der Waals surface area contributed by atoms with Gasteiger partial charge in [0.1, 0.15) is 6.61 Å². The molecule has 140 valence electrons. The summed E-state index contributed by atoms with van der Waals surface area (Å²) in [4.78, 5) is 25.1. The van der Waals surface area contributed by atoms with Crippen LogP contribution >= 0.6 is 0 Å². The van der Waals surface area contributed by atoms with Gasteiger partial charge in [0, 0.05) is 17.5 Å². The van der Waals surface area contributed by atoms with E-state index in [1.54, 1.807) is 49.4 Å². The van der Waals surface area contributed by atoms with Crippen LogP contribution in [0.5, 0.6) is 11.5 Å². The summed E-state index contributed by atoms with van der Waals surface area (Å²) >= 11 is 0. The maximum atomic E-state index is 12.7. The summed E-state index contributed by atoms with van der Waals surface area (Å²) in [5.74, 6) is 0.441. The summed E-state index contributed by atoms with van der Waals surface area (Å²) in [7, 11) is 3.06. The first-order chi connectivity index (χ1) is 13.1. The second-order valence-corrected chi connectivity index (χ2v) is 5.74. The third kappa shape index (κ3) is 3.48. The quantitative estimate of drug-likeness (QED) is 0.623. The van der Waals surface area contributed by atoms with Gasteiger partial charge >= 0.3 is 5.97 Å². The van der Waals surface area contributed by atoms with Crippen molar-refractivity contribution >= 4 is 16.7 Å². The first-order valence-corrected chi connectivity index (χ1v) is 8.47. The van der Waals surface area contributed by atoms with Crippen molar-refractivity contribution < 1.29 is 19.0 Å². The zero-order valence-electron chi connectivity index (χ0n) is 15.4. The van der Waals surface area contributed by atoms with E-state index < -0.39 is 5.97 Å². The Labute approximate surface area is 156 Å². The Morgan fingerprint density at radius 3 is 2.44 bits per heavy atom. The summed E-state index contributed by atoms with van der Waals surface area (Å²) in [6.45, 7) is 2.13. The van der Waals surface area contributed by atoms with Crippen LogP contribution in [0.4, 0.5) is 0 Å². The molecule has 0 unspecified atom stereocenters. The van der Waals surface area contributed by atoms with E-state index in [0.717, 1.165) is 0 Å². The summed E-state index contributed by atoms with van der Waals surface area (Å²) in [6.07, 6.45) is 0. The number of hydrogen-bond donors (Lipinski definition) is 0. The van der Waals surface area contributed by atoms with Gasteiger partial charge in [0.05, 0.1) is 19.6 Å². The molecule has 0 aliphatic rings. The van der Waals surface area contributed by atoms with Gasteiger partial charge in [0.2, 0.25) is 0 Å². The molecule has 7 heteroatoms. The highest BCUT2D eigenvalue weighted by atomic mass is 16.5. The van der Waals surface area contributed by atoms with Crippen molar-refractivity contribution in [1.29, 1.82) is 0 Å². The van der Waals surface area contributed by atoms with Gasteiger partial charge < -0.3 is 14.2 Å². The number of rotatable bonds is 6. The van der Waals surface area contributed by atoms with Crippen molar-refractivity contribution in [2.75, 3.05) is 14.2 Å². The number of carbonyl (C=O) groups excluding carboxylic acids is 1. The van der Waals surface area contributed by atoms with Gasteiger partial charge in [-0.15, -0.1) is 0 Å². The number of aryl methyl sites for hydroxylation is 1. The molecule has 0 amide bonds. The van der Waals surface area contributed by atoms with Gasteiger partial charge in [-0.2, -0.15) is 5.10 Å². The number of hydrogen-bond acceptors (Lipinski definition) is 6. The van der Waals surface area contributed by atoms with Crippen molar-refractivity contribution in [3.05, 3.63) is 64.1 Å². The van der Waals surface area contributed by atoms with Gasteiger partial charge in [-0.25, -0.2) is 9.48 Å². The average Bonchev–Trinajstić information content (AvgIpc) is 2.72. The van der Waals surface area contributed by atoms with E-state index in [1.165, 1.54) is 18.9 Å². The van der Waals surface area contributed by atoms with Crippen LogP contribution in [0.2, 0.25) is 0 Å². The predicted octanol–water partition coefficient (Wildman–Crippen LogP) is 2.79. The molecule has 0 aliphatic carbocycles. The lowest BCUT2D eigenvalue weighted by atomic mass is 10.1. The van der Waals surface area contributed by atoms with Crippen LogP contribution in [0.3, 0.4) is 0 Å². The minimum atomic E-state index is -0.613. The molecule has 2 aromatic carbocycles. The molecular weight excluding hydrogens is 348 g/mol. The molecule has 0 saturated carbocycles. The standard InChI is InChI=1S/C20H20N2O5/c1-4-22-19(23)15-10-6-5-9-14(15)17(21-22)20(24)27-12-13-8-7-11-16(25-2)18(13)26-3/h5-11H,4,12H2,1-3H3. The largest absolute Gasteiger partial charge is 0.493 e. The lowest BCUT2D eigenvalue weighted by Gasteiger charge is -2.13. The topological polar surface area (TPSA) is 79.7 Å². The highest BCUT2D eigenvalue weighted by Crippen LogP contribution is 2.31. The van der Waals surface area contributed by atoms with Gasteiger partial charge in [0.25, 0.3) is 5.56 Å². The van der Waals surface area contributed by atoms with E-state index in [0.29, 0.717) is 34.4 Å². The number of aromatic nitrogens is 2. The molecule has 3 rings (SSSR count). The lowest BCUT2D eigenvalue weighted by Crippen LogP contribution is -2.25. The molecule has 0 radical (unpaired) electrons. The highest BCUT2D eigenvalue weighted by Gasteiger charge is 2.19. The van der Waals surface area contributed by atoms with E-state index in [4.69, 9.17) is 14.2 Å². The fraction of sp³-hybridized carbons (Fsp3) is 0.250. The van der Waals surface area contributed by atoms with Gasteiger partial charge in [-0.1, -0.05) is 30.3 Å². The van der Waals surface area contributed by atoms with Crippen LogP contribution in [0.15, 0.2) is 47.3 Å². The van der Waals surface area contributed by atoms with Crippen molar-refractivity contribution in [3.8, 4) is 11.5 Å². The number of nitrogens with zero attached hydrogens (tertiary/aromatic N) is 2. The van der Waals surface area contributed by atoms with Crippen molar-refractivity contribution in [2.24, 2.45) is 0 Å². The Morgan fingerprint density at radius 1 is 1.04 bits per heavy atom. The van der Waals surface area contributed by atoms with Gasteiger partial charge in [-0.05, 0) is 19.1 Å². The summed E-state index contributed by atoms with van der Waals surface area (Å²) in [5, 5.41) is 5.08. The monoisotopic (exact) mass is 368 g/mol. The van der Waals surface area contributed by atoms with Gasteiger partial charge in [0.15, 0.2) is 17.2 Å². The minimum absolute atomic E-state index is 0.0134. The number of carbonyl (C=O) groups is 1. The van der Waals surface area contributed by atoms with Crippen LogP contribution < -0.4 is 15.0 Å². The van der Waals surface area contributed by atoms with E-state index in [9.17, 15) is 9.59 Å². The zero-order valence-corrected chi connectivity index (χ0v) is 15.4. The normalized spacial score (nSPS) is 10.6. The Balaban J connectivity index is 1.94. The molecule has 7 nitrogen and oxygen atoms in total. The molecule has 0 atom stereocenters. The predicted molar refractivity (Wildman–Crippen MR) is 100 cm³/mol. The number of para-hydroxylation sites is 1. The molecule has 1 aromatic heterocycles. The van der Waals surface area contributed by atoms with E-state index in [1.807, 2.05) is 0 Å². The summed E-state index contributed by atoms with van der Waals surface area (Å²) < 4.78 is 17.3. The van der Waals surface area contributed by atoms with Crippen molar-refractivity contribution in [2.45, 2.75) is 20.1 Å². The summed E-state index contributed by atoms with van der Waals surface area (Å²) in [5.41, 5.74) is 0.534. The van der Waals surface area contributed by atoms with Gasteiger partial charge in [-0.3, -0.25) is 4.79 Å². The molecule has 0 aliphatic heterocycles. The molecular formula is C20H20N2O5. The zero-order chi connectivity index (χ0) is 19.4. The number of ether oxygens (including phenoxy) is 3. The van der Waals surface area contributed by atoms with Crippen LogP contribution in [0.1, 0.15) is 23.0 Å². The highest BCUT2D eigenvalue weighted by molar-refractivity contribution is 6.02. The summed E-state index contributed by atoms with van der Waals surface area (Å²) in [6, 6.07) is 12.2. The van der Waals surface area contributed by atoms with E-state index in [2.05, 4.69) is 5.10 Å². The Hall–Kier alpha value is -3.35. The Kier molecular flexibility index (Phi) is 5.40. The average molecular weight is 368 g/mol. The lowest BCUT2D eigenvalue weighted by molar-refractivity contribution is 0.0462. The minimum Gasteiger partial charge on any atom is -0.493 e. The van der Waals surface area contributed by atoms with Crippen LogP contribution in [-0.4, -0.2) is 30.0 Å². The Bertz CT molecular complexity index is 1040. The molecule has 1 heterocycles. The number of methoxy groups -OCH3 is 2. The molecule has 0 fully saturated rings. The maximum Gasteiger partial charge on any atom is 0.359 e. The molecule has 0 spiro atoms. The third-order valence-electron chi connectivity index (χ3n) is 4.20. The SMILES string of the molecule is CCn1nc(C(=O)OCc2cccc(OC)c2OC)c2ccccc2c1=O. The number of esters is 1.